The van der Waals surface area contributed by atoms with Gasteiger partial charge in [0.25, 0.3) is 5.91 Å². The lowest BCUT2D eigenvalue weighted by atomic mass is 10.1. The average Bonchev–Trinajstić information content (AvgIpc) is 2.95. The molecular formula is C13H17ClN4O. The summed E-state index contributed by atoms with van der Waals surface area (Å²) in [7, 11) is 0. The van der Waals surface area contributed by atoms with Crippen molar-refractivity contribution in [2.45, 2.75) is 33.2 Å². The Morgan fingerprint density at radius 2 is 2.26 bits per heavy atom. The smallest absolute Gasteiger partial charge is 0.273 e. The summed E-state index contributed by atoms with van der Waals surface area (Å²) in [5.74, 6) is 0.649. The van der Waals surface area contributed by atoms with Gasteiger partial charge in [0.05, 0.1) is 5.02 Å². The topological polar surface area (TPSA) is 62.7 Å². The van der Waals surface area contributed by atoms with Crippen molar-refractivity contribution in [3.05, 3.63) is 34.7 Å². The summed E-state index contributed by atoms with van der Waals surface area (Å²) in [5, 5.41) is 10.3. The molecule has 2 heterocycles. The van der Waals surface area contributed by atoms with Gasteiger partial charge in [-0.1, -0.05) is 25.4 Å². The molecule has 0 aliphatic carbocycles. The van der Waals surface area contributed by atoms with E-state index in [1.54, 1.807) is 16.8 Å². The molecule has 0 spiro atoms. The number of carbonyl (C=O) groups excluding carboxylic acids is 1. The number of rotatable bonds is 4. The molecule has 0 atom stereocenters. The minimum atomic E-state index is -0.212. The Hall–Kier alpha value is -1.75. The van der Waals surface area contributed by atoms with E-state index in [0.717, 1.165) is 5.69 Å². The Labute approximate surface area is 117 Å². The van der Waals surface area contributed by atoms with Crippen molar-refractivity contribution < 1.29 is 4.79 Å². The second kappa shape index (κ2) is 5.48. The van der Waals surface area contributed by atoms with Gasteiger partial charge in [-0.25, -0.2) is 0 Å². The number of hydrogen-bond donors (Lipinski definition) is 2. The number of aromatic nitrogens is 3. The third-order valence-electron chi connectivity index (χ3n) is 2.90. The summed E-state index contributed by atoms with van der Waals surface area (Å²) >= 11 is 5.91. The fraction of sp³-hybridized carbons (Fsp3) is 0.385. The van der Waals surface area contributed by atoms with Crippen LogP contribution >= 0.6 is 11.6 Å². The summed E-state index contributed by atoms with van der Waals surface area (Å²) in [6.45, 7) is 6.76. The van der Waals surface area contributed by atoms with Crippen molar-refractivity contribution in [1.29, 1.82) is 0 Å². The molecule has 0 aliphatic rings. The van der Waals surface area contributed by atoms with E-state index in [2.05, 4.69) is 29.4 Å². The molecule has 2 aromatic rings. The molecule has 0 saturated carbocycles. The van der Waals surface area contributed by atoms with Crippen LogP contribution in [0.15, 0.2) is 18.3 Å². The minimum Gasteiger partial charge on any atom is -0.342 e. The first-order valence-corrected chi connectivity index (χ1v) is 6.61. The maximum atomic E-state index is 12.1. The molecule has 1 amide bonds. The Morgan fingerprint density at radius 1 is 1.53 bits per heavy atom. The van der Waals surface area contributed by atoms with Gasteiger partial charge in [0.2, 0.25) is 0 Å². The van der Waals surface area contributed by atoms with Crippen molar-refractivity contribution >= 4 is 23.3 Å². The number of nitrogens with zero attached hydrogens (tertiary/aromatic N) is 2. The zero-order valence-corrected chi connectivity index (χ0v) is 12.0. The largest absolute Gasteiger partial charge is 0.342 e. The lowest BCUT2D eigenvalue weighted by Crippen LogP contribution is -2.16. The highest BCUT2D eigenvalue weighted by molar-refractivity contribution is 6.31. The first kappa shape index (κ1) is 13.7. The predicted octanol–water partition coefficient (Wildman–Crippen LogP) is 3.26. The molecule has 0 radical (unpaired) electrons. The van der Waals surface area contributed by atoms with Gasteiger partial charge in [-0.3, -0.25) is 9.89 Å². The van der Waals surface area contributed by atoms with E-state index in [0.29, 0.717) is 29.0 Å². The van der Waals surface area contributed by atoms with E-state index in [-0.39, 0.29) is 5.91 Å². The Balaban J connectivity index is 2.15. The van der Waals surface area contributed by atoms with Crippen molar-refractivity contribution in [1.82, 2.24) is 14.8 Å². The maximum Gasteiger partial charge on any atom is 0.273 e. The number of amides is 1. The standard InChI is InChI=1S/C13H17ClN4O/c1-4-18-7-9(14)5-11(18)13(19)15-12-6-10(8(2)3)16-17-12/h5-8H,4H2,1-3H3,(H2,15,16,17,19). The molecule has 0 fully saturated rings. The van der Waals surface area contributed by atoms with Crippen LogP contribution < -0.4 is 5.32 Å². The highest BCUT2D eigenvalue weighted by atomic mass is 35.5. The summed E-state index contributed by atoms with van der Waals surface area (Å²) < 4.78 is 1.80. The van der Waals surface area contributed by atoms with E-state index >= 15 is 0 Å². The van der Waals surface area contributed by atoms with E-state index in [1.165, 1.54) is 0 Å². The van der Waals surface area contributed by atoms with Gasteiger partial charge in [-0.05, 0) is 18.9 Å². The molecule has 2 rings (SSSR count). The molecule has 0 unspecified atom stereocenters. The minimum absolute atomic E-state index is 0.212. The third kappa shape index (κ3) is 2.98. The zero-order chi connectivity index (χ0) is 14.0. The fourth-order valence-corrected chi connectivity index (χ4v) is 2.02. The second-order valence-electron chi connectivity index (χ2n) is 4.65. The number of H-pyrrole nitrogens is 1. The van der Waals surface area contributed by atoms with Gasteiger partial charge in [0.15, 0.2) is 5.82 Å². The van der Waals surface area contributed by atoms with Crippen LogP contribution in [0.4, 0.5) is 5.82 Å². The number of aryl methyl sites for hydroxylation is 1. The van der Waals surface area contributed by atoms with Crippen LogP contribution in [-0.4, -0.2) is 20.7 Å². The number of nitrogens with one attached hydrogen (secondary N) is 2. The van der Waals surface area contributed by atoms with Gasteiger partial charge in [-0.2, -0.15) is 5.10 Å². The van der Waals surface area contributed by atoms with Crippen molar-refractivity contribution in [2.75, 3.05) is 5.32 Å². The van der Waals surface area contributed by atoms with Crippen molar-refractivity contribution in [2.24, 2.45) is 0 Å². The highest BCUT2D eigenvalue weighted by Gasteiger charge is 2.14. The zero-order valence-electron chi connectivity index (χ0n) is 11.2. The predicted molar refractivity (Wildman–Crippen MR) is 75.7 cm³/mol. The summed E-state index contributed by atoms with van der Waals surface area (Å²) in [6.07, 6.45) is 1.74. The summed E-state index contributed by atoms with van der Waals surface area (Å²) in [4.78, 5) is 12.1. The van der Waals surface area contributed by atoms with Gasteiger partial charge in [0, 0.05) is 24.5 Å². The molecule has 0 bridgehead atoms. The van der Waals surface area contributed by atoms with Crippen LogP contribution in [-0.2, 0) is 6.54 Å². The van der Waals surface area contributed by atoms with Gasteiger partial charge >= 0.3 is 0 Å². The fourth-order valence-electron chi connectivity index (χ4n) is 1.80. The third-order valence-corrected chi connectivity index (χ3v) is 3.10. The molecule has 0 aromatic carbocycles. The SMILES string of the molecule is CCn1cc(Cl)cc1C(=O)Nc1cc(C(C)C)[nH]n1. The number of aromatic amines is 1. The van der Waals surface area contributed by atoms with Crippen LogP contribution in [0.1, 0.15) is 42.9 Å². The molecule has 0 aliphatic heterocycles. The molecule has 5 nitrogen and oxygen atoms in total. The van der Waals surface area contributed by atoms with Crippen molar-refractivity contribution in [3.63, 3.8) is 0 Å². The number of hydrogen-bond acceptors (Lipinski definition) is 2. The van der Waals surface area contributed by atoms with Crippen LogP contribution in [0.5, 0.6) is 0 Å². The maximum absolute atomic E-state index is 12.1. The molecule has 0 saturated heterocycles. The van der Waals surface area contributed by atoms with Gasteiger partial charge in [-0.15, -0.1) is 0 Å². The van der Waals surface area contributed by atoms with E-state index in [4.69, 9.17) is 11.6 Å². The number of halogens is 1. The molecule has 19 heavy (non-hydrogen) atoms. The molecular weight excluding hydrogens is 264 g/mol. The monoisotopic (exact) mass is 280 g/mol. The Bertz CT molecular complexity index is 585. The summed E-state index contributed by atoms with van der Waals surface area (Å²) in [6, 6.07) is 3.49. The first-order valence-electron chi connectivity index (χ1n) is 6.23. The molecule has 102 valence electrons. The van der Waals surface area contributed by atoms with E-state index < -0.39 is 0 Å². The summed E-state index contributed by atoms with van der Waals surface area (Å²) in [5.41, 5.74) is 1.51. The van der Waals surface area contributed by atoms with Crippen LogP contribution in [0.2, 0.25) is 5.02 Å². The second-order valence-corrected chi connectivity index (χ2v) is 5.08. The average molecular weight is 281 g/mol. The van der Waals surface area contributed by atoms with Gasteiger partial charge < -0.3 is 9.88 Å². The van der Waals surface area contributed by atoms with Crippen molar-refractivity contribution in [3.8, 4) is 0 Å². The first-order chi connectivity index (χ1) is 9.01. The Morgan fingerprint density at radius 3 is 2.84 bits per heavy atom. The van der Waals surface area contributed by atoms with Gasteiger partial charge in [0.1, 0.15) is 5.69 Å². The van der Waals surface area contributed by atoms with E-state index in [1.807, 2.05) is 13.0 Å². The lowest BCUT2D eigenvalue weighted by molar-refractivity contribution is 0.101. The highest BCUT2D eigenvalue weighted by Crippen LogP contribution is 2.18. The van der Waals surface area contributed by atoms with Crippen LogP contribution in [0.3, 0.4) is 0 Å². The molecule has 2 aromatic heterocycles. The molecule has 6 heteroatoms. The number of carbonyl (C=O) groups is 1. The van der Waals surface area contributed by atoms with Crippen LogP contribution in [0, 0.1) is 0 Å². The number of anilines is 1. The van der Waals surface area contributed by atoms with Crippen LogP contribution in [0.25, 0.3) is 0 Å². The Kier molecular flexibility index (Phi) is 3.95. The lowest BCUT2D eigenvalue weighted by Gasteiger charge is -2.05. The van der Waals surface area contributed by atoms with E-state index in [9.17, 15) is 4.79 Å². The quantitative estimate of drug-likeness (QED) is 0.903. The molecule has 2 N–H and O–H groups in total. The normalized spacial score (nSPS) is 11.0.